The number of nitrogens with zero attached hydrogens (tertiary/aromatic N) is 2. The summed E-state index contributed by atoms with van der Waals surface area (Å²) < 4.78 is 40.2. The number of likely N-dealkylation sites (tertiary alicyclic amines) is 1. The highest BCUT2D eigenvalue weighted by Gasteiger charge is 2.39. The first-order chi connectivity index (χ1) is 28.0. The quantitative estimate of drug-likeness (QED) is 0.0633. The molecule has 2 N–H and O–H groups in total. The van der Waals surface area contributed by atoms with Crippen LogP contribution in [0, 0.1) is 0 Å². The first kappa shape index (κ1) is 44.3. The van der Waals surface area contributed by atoms with Crippen LogP contribution in [0.25, 0.3) is 0 Å². The van der Waals surface area contributed by atoms with Crippen molar-refractivity contribution in [2.75, 3.05) is 88.5 Å². The fourth-order valence-electron chi connectivity index (χ4n) is 8.76. The predicted octanol–water partition coefficient (Wildman–Crippen LogP) is 5.23. The summed E-state index contributed by atoms with van der Waals surface area (Å²) in [7, 11) is 10.3. The standard InChI is InChI=1S/C45H62N2O11/c1-46(20-15-34-27-35(30-48)36(31-49)28-37(34)38(46)23-32-11-12-39(52-2)40(24-32)53-3)16-9-21-57-43(50)13-14-44(51)58-22-10-19-47(17-7-8-18-47)29-33-25-41(54-4)45(56-6)42(26-33)55-5/h11-14,24-28,38,48-49H,7-10,15-23,29-31H2,1-6H3/q+2/t38-,46-/m1/s1. The molecule has 3 aromatic rings. The average molecular weight is 807 g/mol. The molecule has 0 aliphatic carbocycles. The zero-order chi connectivity index (χ0) is 41.7. The van der Waals surface area contributed by atoms with Gasteiger partial charge >= 0.3 is 11.9 Å². The van der Waals surface area contributed by atoms with Crippen LogP contribution in [0.15, 0.2) is 54.6 Å². The van der Waals surface area contributed by atoms with E-state index in [1.54, 1.807) is 35.5 Å². The van der Waals surface area contributed by atoms with Crippen molar-refractivity contribution in [3.05, 3.63) is 88.0 Å². The summed E-state index contributed by atoms with van der Waals surface area (Å²) in [6, 6.07) is 14.0. The first-order valence-corrected chi connectivity index (χ1v) is 20.1. The molecule has 2 atom stereocenters. The Labute approximate surface area is 342 Å². The Kier molecular flexibility index (Phi) is 15.8. The van der Waals surface area contributed by atoms with Crippen LogP contribution in [-0.4, -0.2) is 120 Å². The van der Waals surface area contributed by atoms with Crippen molar-refractivity contribution in [1.29, 1.82) is 0 Å². The first-order valence-electron chi connectivity index (χ1n) is 20.1. The molecule has 0 amide bonds. The zero-order valence-corrected chi connectivity index (χ0v) is 35.1. The molecule has 0 aromatic heterocycles. The molecule has 13 heteroatoms. The molecule has 13 nitrogen and oxygen atoms in total. The van der Waals surface area contributed by atoms with Gasteiger partial charge in [-0.3, -0.25) is 0 Å². The summed E-state index contributed by atoms with van der Waals surface area (Å²) in [5, 5.41) is 20.1. The molecule has 5 rings (SSSR count). The normalized spacial score (nSPS) is 18.4. The number of ether oxygens (including phenoxy) is 7. The molecule has 316 valence electrons. The number of methoxy groups -OCH3 is 5. The van der Waals surface area contributed by atoms with E-state index in [0.29, 0.717) is 52.5 Å². The summed E-state index contributed by atoms with van der Waals surface area (Å²) in [5.74, 6) is 1.96. The van der Waals surface area contributed by atoms with Crippen LogP contribution in [0.3, 0.4) is 0 Å². The van der Waals surface area contributed by atoms with E-state index in [9.17, 15) is 19.8 Å². The molecular weight excluding hydrogens is 744 g/mol. The van der Waals surface area contributed by atoms with Gasteiger partial charge in [-0.1, -0.05) is 12.1 Å². The number of rotatable bonds is 21. The van der Waals surface area contributed by atoms with Crippen molar-refractivity contribution in [2.45, 2.75) is 64.3 Å². The van der Waals surface area contributed by atoms with E-state index in [2.05, 4.69) is 7.05 Å². The van der Waals surface area contributed by atoms with Crippen LogP contribution in [0.4, 0.5) is 0 Å². The Hall–Kier alpha value is -4.82. The van der Waals surface area contributed by atoms with E-state index in [1.165, 1.54) is 5.56 Å². The van der Waals surface area contributed by atoms with Crippen molar-refractivity contribution in [2.24, 2.45) is 0 Å². The van der Waals surface area contributed by atoms with E-state index in [-0.39, 0.29) is 32.5 Å². The highest BCUT2D eigenvalue weighted by atomic mass is 16.5. The van der Waals surface area contributed by atoms with Crippen LogP contribution in [0.2, 0.25) is 0 Å². The number of carbonyl (C=O) groups is 2. The smallest absolute Gasteiger partial charge is 0.331 e. The second-order valence-corrected chi connectivity index (χ2v) is 15.5. The summed E-state index contributed by atoms with van der Waals surface area (Å²) in [6.07, 6.45) is 7.34. The van der Waals surface area contributed by atoms with E-state index >= 15 is 0 Å². The van der Waals surface area contributed by atoms with Crippen molar-refractivity contribution >= 4 is 11.9 Å². The van der Waals surface area contributed by atoms with Crippen molar-refractivity contribution < 1.29 is 61.9 Å². The van der Waals surface area contributed by atoms with Gasteiger partial charge in [-0.15, -0.1) is 0 Å². The molecule has 1 fully saturated rings. The SMILES string of the molecule is COc1ccc(C[C@@H]2c3cc(CO)c(CO)cc3CC[N@@+]2(C)CCCOC(=O)C=CC(=O)OCCC[N+]2(Cc3cc(OC)c(OC)c(OC)c3)CCCC2)cc1OC. The number of aliphatic hydroxyl groups is 2. The van der Waals surface area contributed by atoms with Gasteiger partial charge in [0.25, 0.3) is 0 Å². The monoisotopic (exact) mass is 806 g/mol. The van der Waals surface area contributed by atoms with E-state index in [1.807, 2.05) is 42.5 Å². The predicted molar refractivity (Wildman–Crippen MR) is 218 cm³/mol. The van der Waals surface area contributed by atoms with Gasteiger partial charge in [0.2, 0.25) is 5.75 Å². The number of carbonyl (C=O) groups excluding carboxylic acids is 2. The number of esters is 2. The Morgan fingerprint density at radius 2 is 1.26 bits per heavy atom. The molecule has 2 aliphatic rings. The molecule has 0 radical (unpaired) electrons. The van der Waals surface area contributed by atoms with Crippen molar-refractivity contribution in [3.63, 3.8) is 0 Å². The molecule has 0 bridgehead atoms. The lowest BCUT2D eigenvalue weighted by molar-refractivity contribution is -0.941. The Morgan fingerprint density at radius 1 is 0.690 bits per heavy atom. The summed E-state index contributed by atoms with van der Waals surface area (Å²) in [6.45, 7) is 5.45. The molecule has 1 saturated heterocycles. The molecule has 2 aliphatic heterocycles. The van der Waals surface area contributed by atoms with Crippen LogP contribution in [-0.2, 0) is 51.7 Å². The minimum atomic E-state index is -0.596. The Bertz CT molecular complexity index is 1870. The maximum absolute atomic E-state index is 12.6. The highest BCUT2D eigenvalue weighted by Crippen LogP contribution is 2.41. The van der Waals surface area contributed by atoms with E-state index < -0.39 is 11.9 Å². The number of quaternary nitrogens is 2. The molecule has 2 heterocycles. The molecular formula is C45H62N2O11+2. The Balaban J connectivity index is 1.12. The average Bonchev–Trinajstić information content (AvgIpc) is 3.71. The molecule has 0 spiro atoms. The van der Waals surface area contributed by atoms with Gasteiger partial charge < -0.3 is 52.3 Å². The van der Waals surface area contributed by atoms with Gasteiger partial charge in [0.05, 0.1) is 102 Å². The fourth-order valence-corrected chi connectivity index (χ4v) is 8.76. The number of likely N-dealkylation sites (N-methyl/N-ethyl adjacent to an activating group) is 1. The molecule has 0 saturated carbocycles. The molecule has 3 aromatic carbocycles. The van der Waals surface area contributed by atoms with E-state index in [0.717, 1.165) is 103 Å². The third-order valence-corrected chi connectivity index (χ3v) is 11.9. The second kappa shape index (κ2) is 20.7. The fraction of sp³-hybridized carbons (Fsp3) is 0.511. The lowest BCUT2D eigenvalue weighted by atomic mass is 9.84. The number of hydrogen-bond acceptors (Lipinski definition) is 11. The van der Waals surface area contributed by atoms with Crippen LogP contribution < -0.4 is 23.7 Å². The van der Waals surface area contributed by atoms with Crippen LogP contribution in [0.5, 0.6) is 28.7 Å². The number of aliphatic hydroxyl groups excluding tert-OH is 2. The largest absolute Gasteiger partial charge is 0.493 e. The highest BCUT2D eigenvalue weighted by molar-refractivity contribution is 5.91. The molecule has 0 unspecified atom stereocenters. The number of fused-ring (bicyclic) bond motifs is 1. The number of benzene rings is 3. The van der Waals surface area contributed by atoms with Gasteiger partial charge in [0, 0.05) is 61.8 Å². The van der Waals surface area contributed by atoms with Gasteiger partial charge in [-0.25, -0.2) is 9.59 Å². The van der Waals surface area contributed by atoms with Crippen LogP contribution >= 0.6 is 0 Å². The van der Waals surface area contributed by atoms with Gasteiger partial charge in [-0.2, -0.15) is 0 Å². The summed E-state index contributed by atoms with van der Waals surface area (Å²) in [4.78, 5) is 25.2. The second-order valence-electron chi connectivity index (χ2n) is 15.5. The van der Waals surface area contributed by atoms with Crippen molar-refractivity contribution in [1.82, 2.24) is 0 Å². The summed E-state index contributed by atoms with van der Waals surface area (Å²) >= 11 is 0. The number of hydrogen-bond donors (Lipinski definition) is 2. The molecule has 58 heavy (non-hydrogen) atoms. The minimum Gasteiger partial charge on any atom is -0.493 e. The maximum Gasteiger partial charge on any atom is 0.331 e. The van der Waals surface area contributed by atoms with Gasteiger partial charge in [0.1, 0.15) is 12.6 Å². The van der Waals surface area contributed by atoms with E-state index in [4.69, 9.17) is 33.2 Å². The lowest BCUT2D eigenvalue weighted by Gasteiger charge is -2.46. The Morgan fingerprint density at radius 3 is 1.83 bits per heavy atom. The zero-order valence-electron chi connectivity index (χ0n) is 35.1. The third-order valence-electron chi connectivity index (χ3n) is 11.9. The van der Waals surface area contributed by atoms with Crippen molar-refractivity contribution in [3.8, 4) is 28.7 Å². The maximum atomic E-state index is 12.6. The van der Waals surface area contributed by atoms with Gasteiger partial charge in [-0.05, 0) is 52.6 Å². The lowest BCUT2D eigenvalue weighted by Crippen LogP contribution is -2.52. The minimum absolute atomic E-state index is 0.0297. The van der Waals surface area contributed by atoms with Gasteiger partial charge in [0.15, 0.2) is 23.0 Å². The topological polar surface area (TPSA) is 139 Å². The van der Waals surface area contributed by atoms with Crippen LogP contribution in [0.1, 0.15) is 65.1 Å². The summed E-state index contributed by atoms with van der Waals surface area (Å²) in [5.41, 5.74) is 5.93. The third kappa shape index (κ3) is 10.8.